The van der Waals surface area contributed by atoms with Crippen LogP contribution in [0, 0.1) is 5.82 Å². The summed E-state index contributed by atoms with van der Waals surface area (Å²) < 4.78 is 18.0. The maximum Gasteiger partial charge on any atom is 0.271 e. The molecule has 0 unspecified atom stereocenters. The van der Waals surface area contributed by atoms with Gasteiger partial charge >= 0.3 is 0 Å². The lowest BCUT2D eigenvalue weighted by molar-refractivity contribution is 0.0948. The normalized spacial score (nSPS) is 10.4. The summed E-state index contributed by atoms with van der Waals surface area (Å²) in [5.41, 5.74) is 2.40. The number of nitrogens with one attached hydrogen (secondary N) is 2. The molecule has 0 spiro atoms. The molecule has 0 aliphatic heterocycles. The molecule has 2 N–H and O–H groups in total. The van der Waals surface area contributed by atoms with Crippen LogP contribution in [0.15, 0.2) is 60.7 Å². The molecule has 150 valence electrons. The summed E-state index contributed by atoms with van der Waals surface area (Å²) in [6.07, 6.45) is 1.45. The van der Waals surface area contributed by atoms with E-state index in [-0.39, 0.29) is 17.4 Å². The lowest BCUT2D eigenvalue weighted by Crippen LogP contribution is -2.26. The monoisotopic (exact) mass is 394 g/mol. The van der Waals surface area contributed by atoms with E-state index in [9.17, 15) is 9.18 Å². The molecule has 29 heavy (non-hydrogen) atoms. The number of benzene rings is 2. The number of nitrogens with zero attached hydrogens (tertiary/aromatic N) is 2. The van der Waals surface area contributed by atoms with Gasteiger partial charge in [-0.15, -0.1) is 10.2 Å². The van der Waals surface area contributed by atoms with E-state index in [1.54, 1.807) is 31.4 Å². The molecule has 1 heterocycles. The second-order valence-electron chi connectivity index (χ2n) is 6.46. The Labute approximate surface area is 169 Å². The van der Waals surface area contributed by atoms with Gasteiger partial charge in [-0.2, -0.15) is 0 Å². The average Bonchev–Trinajstić information content (AvgIpc) is 2.76. The fraction of sp³-hybridized carbons (Fsp3) is 0.227. The summed E-state index contributed by atoms with van der Waals surface area (Å²) in [6, 6.07) is 17.5. The van der Waals surface area contributed by atoms with E-state index in [0.717, 1.165) is 23.3 Å². The molecule has 0 saturated carbocycles. The van der Waals surface area contributed by atoms with Gasteiger partial charge in [-0.1, -0.05) is 24.3 Å². The van der Waals surface area contributed by atoms with Gasteiger partial charge in [0, 0.05) is 13.1 Å². The molecule has 1 aromatic heterocycles. The van der Waals surface area contributed by atoms with Crippen LogP contribution in [0.5, 0.6) is 5.75 Å². The van der Waals surface area contributed by atoms with Crippen molar-refractivity contribution in [2.75, 3.05) is 25.5 Å². The van der Waals surface area contributed by atoms with Gasteiger partial charge in [0.05, 0.1) is 7.11 Å². The summed E-state index contributed by atoms with van der Waals surface area (Å²) in [4.78, 5) is 12.2. The summed E-state index contributed by atoms with van der Waals surface area (Å²) in [6.45, 7) is 1.14. The van der Waals surface area contributed by atoms with Crippen LogP contribution in [0.3, 0.4) is 0 Å². The molecular formula is C22H23FN4O2. The van der Waals surface area contributed by atoms with Crippen LogP contribution in [-0.2, 0) is 12.8 Å². The Bertz CT molecular complexity index is 913. The maximum absolute atomic E-state index is 12.9. The highest BCUT2D eigenvalue weighted by molar-refractivity contribution is 5.92. The highest BCUT2D eigenvalue weighted by atomic mass is 19.1. The Morgan fingerprint density at radius 2 is 1.55 bits per heavy atom. The van der Waals surface area contributed by atoms with Crippen molar-refractivity contribution in [3.05, 3.63) is 83.3 Å². The van der Waals surface area contributed by atoms with Crippen molar-refractivity contribution in [1.82, 2.24) is 15.5 Å². The van der Waals surface area contributed by atoms with Gasteiger partial charge in [0.15, 0.2) is 5.69 Å². The van der Waals surface area contributed by atoms with E-state index in [1.807, 2.05) is 24.3 Å². The molecular weight excluding hydrogens is 371 g/mol. The molecule has 0 atom stereocenters. The topological polar surface area (TPSA) is 76.1 Å². The summed E-state index contributed by atoms with van der Waals surface area (Å²) in [7, 11) is 1.63. The van der Waals surface area contributed by atoms with Crippen molar-refractivity contribution >= 4 is 11.7 Å². The molecule has 6 nitrogen and oxygen atoms in total. The van der Waals surface area contributed by atoms with E-state index in [2.05, 4.69) is 20.8 Å². The maximum atomic E-state index is 12.9. The van der Waals surface area contributed by atoms with Crippen molar-refractivity contribution < 1.29 is 13.9 Å². The Morgan fingerprint density at radius 1 is 0.897 bits per heavy atom. The minimum atomic E-state index is -0.260. The molecule has 0 saturated heterocycles. The van der Waals surface area contributed by atoms with Crippen molar-refractivity contribution in [3.8, 4) is 5.75 Å². The molecule has 1 amide bonds. The Hall–Kier alpha value is -3.48. The number of hydrogen-bond acceptors (Lipinski definition) is 5. The van der Waals surface area contributed by atoms with Gasteiger partial charge in [-0.3, -0.25) is 4.79 Å². The Kier molecular flexibility index (Phi) is 7.10. The van der Waals surface area contributed by atoms with Crippen molar-refractivity contribution in [1.29, 1.82) is 0 Å². The number of carbonyl (C=O) groups excluding carboxylic acids is 1. The standard InChI is InChI=1S/C22H23FN4O2/c1-29-19-8-4-17(5-9-19)13-15-25-22(28)20-10-11-21(27-26-20)24-14-12-16-2-6-18(23)7-3-16/h2-11H,12-15H2,1H3,(H,24,27)(H,25,28). The number of methoxy groups -OCH3 is 1. The molecule has 3 rings (SSSR count). The smallest absolute Gasteiger partial charge is 0.271 e. The third-order valence-corrected chi connectivity index (χ3v) is 4.39. The third kappa shape index (κ3) is 6.27. The zero-order chi connectivity index (χ0) is 20.5. The Balaban J connectivity index is 1.41. The van der Waals surface area contributed by atoms with Crippen LogP contribution in [0.25, 0.3) is 0 Å². The molecule has 0 aliphatic rings. The number of ether oxygens (including phenoxy) is 1. The van der Waals surface area contributed by atoms with Crippen LogP contribution in [0.4, 0.5) is 10.2 Å². The van der Waals surface area contributed by atoms with Gasteiger partial charge in [0.1, 0.15) is 17.4 Å². The number of anilines is 1. The largest absolute Gasteiger partial charge is 0.497 e. The van der Waals surface area contributed by atoms with Gasteiger partial charge in [0.2, 0.25) is 0 Å². The second-order valence-corrected chi connectivity index (χ2v) is 6.46. The van der Waals surface area contributed by atoms with Gasteiger partial charge in [-0.05, 0) is 60.4 Å². The zero-order valence-corrected chi connectivity index (χ0v) is 16.2. The number of amides is 1. The van der Waals surface area contributed by atoms with Crippen LogP contribution in [0.1, 0.15) is 21.6 Å². The first-order valence-electron chi connectivity index (χ1n) is 9.37. The van der Waals surface area contributed by atoms with Gasteiger partial charge < -0.3 is 15.4 Å². The van der Waals surface area contributed by atoms with E-state index in [1.165, 1.54) is 12.1 Å². The number of carbonyl (C=O) groups is 1. The number of halogens is 1. The molecule has 0 fully saturated rings. The van der Waals surface area contributed by atoms with Gasteiger partial charge in [0.25, 0.3) is 5.91 Å². The van der Waals surface area contributed by atoms with E-state index in [4.69, 9.17) is 4.74 Å². The number of hydrogen-bond donors (Lipinski definition) is 2. The lowest BCUT2D eigenvalue weighted by atomic mass is 10.1. The van der Waals surface area contributed by atoms with E-state index < -0.39 is 0 Å². The minimum Gasteiger partial charge on any atom is -0.497 e. The van der Waals surface area contributed by atoms with Crippen LogP contribution < -0.4 is 15.4 Å². The summed E-state index contributed by atoms with van der Waals surface area (Å²) in [5.74, 6) is 0.885. The SMILES string of the molecule is COc1ccc(CCNC(=O)c2ccc(NCCc3ccc(F)cc3)nn2)cc1. The minimum absolute atomic E-state index is 0.245. The van der Waals surface area contributed by atoms with Crippen molar-refractivity contribution in [2.24, 2.45) is 0 Å². The van der Waals surface area contributed by atoms with Crippen molar-refractivity contribution in [2.45, 2.75) is 12.8 Å². The first-order chi connectivity index (χ1) is 14.1. The van der Waals surface area contributed by atoms with Crippen LogP contribution in [-0.4, -0.2) is 36.3 Å². The Morgan fingerprint density at radius 3 is 2.17 bits per heavy atom. The number of aromatic nitrogens is 2. The molecule has 0 bridgehead atoms. The highest BCUT2D eigenvalue weighted by Crippen LogP contribution is 2.11. The van der Waals surface area contributed by atoms with Crippen LogP contribution >= 0.6 is 0 Å². The summed E-state index contributed by atoms with van der Waals surface area (Å²) >= 11 is 0. The lowest BCUT2D eigenvalue weighted by Gasteiger charge is -2.07. The van der Waals surface area contributed by atoms with Gasteiger partial charge in [-0.25, -0.2) is 4.39 Å². The fourth-order valence-electron chi connectivity index (χ4n) is 2.74. The third-order valence-electron chi connectivity index (χ3n) is 4.39. The quantitative estimate of drug-likeness (QED) is 0.583. The molecule has 3 aromatic rings. The molecule has 0 aliphatic carbocycles. The predicted molar refractivity (Wildman–Crippen MR) is 110 cm³/mol. The predicted octanol–water partition coefficient (Wildman–Crippen LogP) is 3.25. The zero-order valence-electron chi connectivity index (χ0n) is 16.2. The first kappa shape index (κ1) is 20.3. The first-order valence-corrected chi connectivity index (χ1v) is 9.37. The van der Waals surface area contributed by atoms with Crippen molar-refractivity contribution in [3.63, 3.8) is 0 Å². The fourth-order valence-corrected chi connectivity index (χ4v) is 2.74. The molecule has 2 aromatic carbocycles. The molecule has 7 heteroatoms. The van der Waals surface area contributed by atoms with Crippen LogP contribution in [0.2, 0.25) is 0 Å². The second kappa shape index (κ2) is 10.2. The highest BCUT2D eigenvalue weighted by Gasteiger charge is 2.08. The van der Waals surface area contributed by atoms with E-state index in [0.29, 0.717) is 25.3 Å². The molecule has 0 radical (unpaired) electrons. The van der Waals surface area contributed by atoms with E-state index >= 15 is 0 Å². The average molecular weight is 394 g/mol. The number of rotatable bonds is 9. The summed E-state index contributed by atoms with van der Waals surface area (Å²) in [5, 5.41) is 14.0.